The molecule has 0 aromatic carbocycles. The molecule has 0 saturated carbocycles. The molecule has 0 radical (unpaired) electrons. The maximum atomic E-state index is 11.8. The van der Waals surface area contributed by atoms with E-state index >= 15 is 0 Å². The molecule has 0 aromatic rings. The van der Waals surface area contributed by atoms with Gasteiger partial charge in [-0.05, 0) is 38.5 Å². The van der Waals surface area contributed by atoms with Gasteiger partial charge in [0, 0.05) is 39.6 Å². The van der Waals surface area contributed by atoms with E-state index in [-0.39, 0.29) is 6.10 Å². The van der Waals surface area contributed by atoms with Gasteiger partial charge in [-0.2, -0.15) is 0 Å². The Kier molecular flexibility index (Phi) is 24.5. The highest BCUT2D eigenvalue weighted by Crippen LogP contribution is 2.35. The Hall–Kier alpha value is -0.0500. The number of hydrogen-bond donors (Lipinski definition) is 2. The molecular formula is C36H70O10S. The second-order valence-electron chi connectivity index (χ2n) is 12.8. The number of thiol groups is 1. The zero-order chi connectivity index (χ0) is 34.3. The van der Waals surface area contributed by atoms with Crippen LogP contribution in [-0.4, -0.2) is 119 Å². The maximum Gasteiger partial charge on any atom is 0.187 e. The topological polar surface area (TPSA) is 103 Å². The fourth-order valence-electron chi connectivity index (χ4n) is 5.60. The van der Waals surface area contributed by atoms with Gasteiger partial charge in [-0.3, -0.25) is 0 Å². The standard InChI is InChI=1S/C36H70O10S/c1-7-13-19-38-25-27-30(40-21-15-9-3)32(42-23-17-11-5)29(37)35(44-27)46-34-33(43-24-18-12-6)31(41-22-16-10-4)28(45-36(34)47)26-39-20-14-8-2/h27-37,47H,7-26H2,1-6H3/t27?,28?,29-,30-,31-,32?,33?,34-,35-,36-/m1/s1. The van der Waals surface area contributed by atoms with Crippen molar-refractivity contribution in [3.8, 4) is 0 Å². The van der Waals surface area contributed by atoms with Crippen LogP contribution in [0.25, 0.3) is 0 Å². The smallest absolute Gasteiger partial charge is 0.187 e. The van der Waals surface area contributed by atoms with Crippen molar-refractivity contribution in [3.05, 3.63) is 0 Å². The highest BCUT2D eigenvalue weighted by atomic mass is 32.1. The summed E-state index contributed by atoms with van der Waals surface area (Å²) in [7, 11) is 0. The molecule has 0 bridgehead atoms. The molecule has 4 unspecified atom stereocenters. The molecule has 47 heavy (non-hydrogen) atoms. The Morgan fingerprint density at radius 3 is 1.34 bits per heavy atom. The number of aliphatic hydroxyl groups excluding tert-OH is 1. The summed E-state index contributed by atoms with van der Waals surface area (Å²) in [5.41, 5.74) is -0.666. The molecule has 0 spiro atoms. The molecule has 2 aliphatic heterocycles. The molecule has 0 amide bonds. The summed E-state index contributed by atoms with van der Waals surface area (Å²) in [6.45, 7) is 16.9. The molecule has 0 aliphatic carbocycles. The SMILES string of the molecule is CCCCOCC1O[C@H](O[C@@H]2C(OCCCC)[C@H](OCCCC)C(COCCCC)O[C@@H]2S)[C@H](O)C(OCCCC)[C@@H]1OCCCC. The lowest BCUT2D eigenvalue weighted by Gasteiger charge is -2.49. The third-order valence-electron chi connectivity index (χ3n) is 8.60. The molecule has 1 N–H and O–H groups in total. The first-order valence-electron chi connectivity index (χ1n) is 18.9. The Bertz CT molecular complexity index is 736. The van der Waals surface area contributed by atoms with E-state index in [1.807, 2.05) is 0 Å². The van der Waals surface area contributed by atoms with Gasteiger partial charge < -0.3 is 47.7 Å². The van der Waals surface area contributed by atoms with Crippen LogP contribution in [0.2, 0.25) is 0 Å². The second-order valence-corrected chi connectivity index (χ2v) is 13.3. The van der Waals surface area contributed by atoms with E-state index in [9.17, 15) is 5.11 Å². The lowest BCUT2D eigenvalue weighted by molar-refractivity contribution is -0.347. The van der Waals surface area contributed by atoms with E-state index in [2.05, 4.69) is 41.5 Å². The molecule has 10 nitrogen and oxygen atoms in total. The maximum absolute atomic E-state index is 11.8. The van der Waals surface area contributed by atoms with Gasteiger partial charge in [0.2, 0.25) is 0 Å². The van der Waals surface area contributed by atoms with Crippen molar-refractivity contribution in [1.82, 2.24) is 0 Å². The van der Waals surface area contributed by atoms with Crippen molar-refractivity contribution in [1.29, 1.82) is 0 Å². The predicted octanol–water partition coefficient (Wildman–Crippen LogP) is 6.49. The Labute approximate surface area is 291 Å². The van der Waals surface area contributed by atoms with Crippen LogP contribution in [0.15, 0.2) is 0 Å². The van der Waals surface area contributed by atoms with Crippen LogP contribution < -0.4 is 0 Å². The van der Waals surface area contributed by atoms with Crippen molar-refractivity contribution >= 4 is 12.6 Å². The third kappa shape index (κ3) is 15.4. The Morgan fingerprint density at radius 2 is 0.872 bits per heavy atom. The van der Waals surface area contributed by atoms with Crippen LogP contribution in [0.3, 0.4) is 0 Å². The van der Waals surface area contributed by atoms with Gasteiger partial charge in [0.25, 0.3) is 0 Å². The first-order valence-corrected chi connectivity index (χ1v) is 19.4. The van der Waals surface area contributed by atoms with Crippen LogP contribution in [0.5, 0.6) is 0 Å². The van der Waals surface area contributed by atoms with Crippen molar-refractivity contribution in [2.24, 2.45) is 0 Å². The van der Waals surface area contributed by atoms with E-state index in [0.717, 1.165) is 77.0 Å². The summed E-state index contributed by atoms with van der Waals surface area (Å²) in [5, 5.41) is 11.8. The van der Waals surface area contributed by atoms with Crippen molar-refractivity contribution < 1.29 is 47.7 Å². The van der Waals surface area contributed by atoms with Crippen molar-refractivity contribution in [2.45, 2.75) is 179 Å². The highest BCUT2D eigenvalue weighted by molar-refractivity contribution is 7.80. The fraction of sp³-hybridized carbons (Fsp3) is 1.00. The van der Waals surface area contributed by atoms with Gasteiger partial charge in [-0.1, -0.05) is 80.1 Å². The number of rotatable bonds is 28. The Balaban J connectivity index is 2.36. The first-order chi connectivity index (χ1) is 23.0. The van der Waals surface area contributed by atoms with E-state index in [4.69, 9.17) is 55.3 Å². The van der Waals surface area contributed by atoms with Crippen LogP contribution in [-0.2, 0) is 42.6 Å². The van der Waals surface area contributed by atoms with Gasteiger partial charge >= 0.3 is 0 Å². The largest absolute Gasteiger partial charge is 0.385 e. The average molecular weight is 695 g/mol. The molecule has 2 saturated heterocycles. The van der Waals surface area contributed by atoms with Gasteiger partial charge in [0.15, 0.2) is 6.29 Å². The highest BCUT2D eigenvalue weighted by Gasteiger charge is 2.52. The van der Waals surface area contributed by atoms with Crippen molar-refractivity contribution in [2.75, 3.05) is 52.9 Å². The lowest BCUT2D eigenvalue weighted by Crippen LogP contribution is -2.65. The average Bonchev–Trinajstić information content (AvgIpc) is 3.06. The molecule has 2 heterocycles. The molecular weight excluding hydrogens is 624 g/mol. The minimum atomic E-state index is -1.11. The number of unbranched alkanes of at least 4 members (excludes halogenated alkanes) is 6. The second kappa shape index (κ2) is 26.7. The summed E-state index contributed by atoms with van der Waals surface area (Å²) in [6.07, 6.45) is 5.73. The minimum Gasteiger partial charge on any atom is -0.385 e. The van der Waals surface area contributed by atoms with Crippen molar-refractivity contribution in [3.63, 3.8) is 0 Å². The first kappa shape index (κ1) is 43.1. The summed E-state index contributed by atoms with van der Waals surface area (Å²) in [5.74, 6) is 0. The summed E-state index contributed by atoms with van der Waals surface area (Å²) in [4.78, 5) is 0. The van der Waals surface area contributed by atoms with Crippen LogP contribution in [0.4, 0.5) is 0 Å². The molecule has 0 aromatic heterocycles. The van der Waals surface area contributed by atoms with E-state index in [1.54, 1.807) is 0 Å². The number of ether oxygens (including phenoxy) is 9. The molecule has 10 atom stereocenters. The van der Waals surface area contributed by atoms with Crippen LogP contribution >= 0.6 is 12.6 Å². The van der Waals surface area contributed by atoms with E-state index < -0.39 is 54.5 Å². The fourth-order valence-corrected chi connectivity index (χ4v) is 6.00. The molecule has 2 rings (SSSR count). The summed E-state index contributed by atoms with van der Waals surface area (Å²) in [6, 6.07) is 0. The van der Waals surface area contributed by atoms with Gasteiger partial charge in [-0.25, -0.2) is 0 Å². The number of aliphatic hydroxyl groups is 1. The normalized spacial score (nSPS) is 31.4. The van der Waals surface area contributed by atoms with Gasteiger partial charge in [0.1, 0.15) is 54.3 Å². The van der Waals surface area contributed by atoms with Crippen LogP contribution in [0.1, 0.15) is 119 Å². The van der Waals surface area contributed by atoms with Gasteiger partial charge in [-0.15, -0.1) is 12.6 Å². The predicted molar refractivity (Wildman–Crippen MR) is 187 cm³/mol. The zero-order valence-corrected chi connectivity index (χ0v) is 31.4. The molecule has 280 valence electrons. The zero-order valence-electron chi connectivity index (χ0n) is 30.5. The minimum absolute atomic E-state index is 0.304. The van der Waals surface area contributed by atoms with E-state index in [0.29, 0.717) is 52.9 Å². The summed E-state index contributed by atoms with van der Waals surface area (Å²) < 4.78 is 57.4. The van der Waals surface area contributed by atoms with Gasteiger partial charge in [0.05, 0.1) is 13.2 Å². The lowest BCUT2D eigenvalue weighted by atomic mass is 9.96. The molecule has 2 fully saturated rings. The molecule has 2 aliphatic rings. The van der Waals surface area contributed by atoms with E-state index in [1.165, 1.54) is 0 Å². The third-order valence-corrected chi connectivity index (χ3v) is 9.01. The molecule has 11 heteroatoms. The Morgan fingerprint density at radius 1 is 0.489 bits per heavy atom. The van der Waals surface area contributed by atoms with Crippen LogP contribution in [0, 0.1) is 0 Å². The quantitative estimate of drug-likeness (QED) is 0.0699. The summed E-state index contributed by atoms with van der Waals surface area (Å²) >= 11 is 4.87. The number of hydrogen-bond acceptors (Lipinski definition) is 11. The monoisotopic (exact) mass is 694 g/mol.